The Morgan fingerprint density at radius 3 is 2.63 bits per heavy atom. The molecule has 0 amide bonds. The lowest BCUT2D eigenvalue weighted by molar-refractivity contribution is 0.305. The summed E-state index contributed by atoms with van der Waals surface area (Å²) in [5.41, 5.74) is 0. The number of primary sulfonamides is 1. The quantitative estimate of drug-likeness (QED) is 0.592. The van der Waals surface area contributed by atoms with E-state index in [1.807, 2.05) is 6.08 Å². The molecule has 0 aliphatic rings. The molecule has 0 spiro atoms. The van der Waals surface area contributed by atoms with Gasteiger partial charge >= 0.3 is 0 Å². The Labute approximate surface area is 119 Å². The van der Waals surface area contributed by atoms with Crippen LogP contribution in [0.5, 0.6) is 5.75 Å². The van der Waals surface area contributed by atoms with Gasteiger partial charge in [-0.05, 0) is 43.9 Å². The number of unbranched alkanes of at least 4 members (excludes halogenated alkanes) is 3. The highest BCUT2D eigenvalue weighted by Gasteiger charge is 2.11. The minimum Gasteiger partial charge on any atom is -0.492 e. The van der Waals surface area contributed by atoms with Crippen molar-refractivity contribution < 1.29 is 13.2 Å². The van der Waals surface area contributed by atoms with Crippen LogP contribution < -0.4 is 9.88 Å². The number of rotatable bonds is 8. The van der Waals surface area contributed by atoms with Crippen LogP contribution in [0.15, 0.2) is 35.7 Å². The first kappa shape index (κ1) is 16.0. The van der Waals surface area contributed by atoms with Gasteiger partial charge < -0.3 is 4.74 Å². The summed E-state index contributed by atoms with van der Waals surface area (Å²) in [6.45, 7) is 4.20. The summed E-state index contributed by atoms with van der Waals surface area (Å²) < 4.78 is 27.7. The zero-order valence-electron chi connectivity index (χ0n) is 10.6. The molecule has 1 aromatic carbocycles. The molecule has 0 bridgehead atoms. The van der Waals surface area contributed by atoms with E-state index in [9.17, 15) is 8.42 Å². The van der Waals surface area contributed by atoms with E-state index in [2.05, 4.69) is 6.58 Å². The first-order chi connectivity index (χ1) is 8.95. The Hall–Kier alpha value is -1.04. The van der Waals surface area contributed by atoms with Crippen molar-refractivity contribution in [3.8, 4) is 5.75 Å². The van der Waals surface area contributed by atoms with Crippen LogP contribution in [0.1, 0.15) is 25.7 Å². The van der Waals surface area contributed by atoms with E-state index in [0.717, 1.165) is 25.7 Å². The number of hydrogen-bond acceptors (Lipinski definition) is 3. The standard InChI is InChI=1S/C13H18ClNO3S/c1-2-3-4-5-6-9-18-13-8-7-11(10-12(13)14)19(15,16)17/h2,7-8,10H,1,3-6,9H2,(H2,15,16,17). The summed E-state index contributed by atoms with van der Waals surface area (Å²) >= 11 is 5.94. The topological polar surface area (TPSA) is 69.4 Å². The first-order valence-corrected chi connectivity index (χ1v) is 7.93. The molecule has 0 saturated carbocycles. The van der Waals surface area contributed by atoms with Gasteiger partial charge in [-0.2, -0.15) is 0 Å². The van der Waals surface area contributed by atoms with Crippen LogP contribution in [0.2, 0.25) is 5.02 Å². The molecule has 106 valence electrons. The predicted molar refractivity (Wildman–Crippen MR) is 77.0 cm³/mol. The molecule has 0 saturated heterocycles. The van der Waals surface area contributed by atoms with Crippen LogP contribution in [0, 0.1) is 0 Å². The second-order valence-corrected chi connectivity index (χ2v) is 6.09. The van der Waals surface area contributed by atoms with Crippen LogP contribution >= 0.6 is 11.6 Å². The third-order valence-electron chi connectivity index (χ3n) is 2.54. The zero-order chi connectivity index (χ0) is 14.3. The molecular weight excluding hydrogens is 286 g/mol. The summed E-state index contributed by atoms with van der Waals surface area (Å²) in [4.78, 5) is -0.0177. The minimum atomic E-state index is -3.73. The number of halogens is 1. The molecule has 1 rings (SSSR count). The van der Waals surface area contributed by atoms with Gasteiger partial charge in [0.25, 0.3) is 0 Å². The molecule has 0 aliphatic heterocycles. The maximum Gasteiger partial charge on any atom is 0.238 e. The maximum atomic E-state index is 11.1. The van der Waals surface area contributed by atoms with Gasteiger partial charge in [0.1, 0.15) is 5.75 Å². The number of sulfonamides is 1. The number of allylic oxidation sites excluding steroid dienone is 1. The molecule has 19 heavy (non-hydrogen) atoms. The van der Waals surface area contributed by atoms with Crippen LogP contribution in [-0.4, -0.2) is 15.0 Å². The lowest BCUT2D eigenvalue weighted by atomic mass is 10.2. The average molecular weight is 304 g/mol. The van der Waals surface area contributed by atoms with Crippen LogP contribution in [0.25, 0.3) is 0 Å². The van der Waals surface area contributed by atoms with Crippen molar-refractivity contribution in [1.82, 2.24) is 0 Å². The van der Waals surface area contributed by atoms with E-state index in [1.165, 1.54) is 18.2 Å². The molecule has 0 unspecified atom stereocenters. The van der Waals surface area contributed by atoms with Gasteiger partial charge in [-0.3, -0.25) is 0 Å². The lowest BCUT2D eigenvalue weighted by Gasteiger charge is -2.08. The molecule has 0 radical (unpaired) electrons. The highest BCUT2D eigenvalue weighted by Crippen LogP contribution is 2.27. The van der Waals surface area contributed by atoms with Crippen molar-refractivity contribution in [3.63, 3.8) is 0 Å². The van der Waals surface area contributed by atoms with Crippen molar-refractivity contribution in [2.45, 2.75) is 30.6 Å². The van der Waals surface area contributed by atoms with Crippen molar-refractivity contribution in [2.24, 2.45) is 5.14 Å². The van der Waals surface area contributed by atoms with Crippen LogP contribution in [0.3, 0.4) is 0 Å². The largest absolute Gasteiger partial charge is 0.492 e. The molecule has 0 aromatic heterocycles. The van der Waals surface area contributed by atoms with Gasteiger partial charge in [0, 0.05) is 0 Å². The van der Waals surface area contributed by atoms with E-state index in [0.29, 0.717) is 12.4 Å². The first-order valence-electron chi connectivity index (χ1n) is 6.01. The fourth-order valence-corrected chi connectivity index (χ4v) is 2.36. The Morgan fingerprint density at radius 2 is 2.05 bits per heavy atom. The normalized spacial score (nSPS) is 11.3. The highest BCUT2D eigenvalue weighted by atomic mass is 35.5. The van der Waals surface area contributed by atoms with Gasteiger partial charge in [-0.25, -0.2) is 13.6 Å². The molecule has 6 heteroatoms. The summed E-state index contributed by atoms with van der Waals surface area (Å²) in [7, 11) is -3.73. The summed E-state index contributed by atoms with van der Waals surface area (Å²) in [6.07, 6.45) is 5.96. The third-order valence-corrected chi connectivity index (χ3v) is 3.75. The molecule has 1 aromatic rings. The Morgan fingerprint density at radius 1 is 1.32 bits per heavy atom. The van der Waals surface area contributed by atoms with Gasteiger partial charge in [0.2, 0.25) is 10.0 Å². The van der Waals surface area contributed by atoms with Crippen molar-refractivity contribution in [1.29, 1.82) is 0 Å². The smallest absolute Gasteiger partial charge is 0.238 e. The monoisotopic (exact) mass is 303 g/mol. The zero-order valence-corrected chi connectivity index (χ0v) is 12.2. The van der Waals surface area contributed by atoms with Gasteiger partial charge in [-0.15, -0.1) is 6.58 Å². The van der Waals surface area contributed by atoms with Crippen molar-refractivity contribution in [3.05, 3.63) is 35.9 Å². The molecule has 0 heterocycles. The Bertz CT molecular complexity index is 529. The predicted octanol–water partition coefficient (Wildman–Crippen LogP) is 3.11. The van der Waals surface area contributed by atoms with Crippen molar-refractivity contribution >= 4 is 21.6 Å². The van der Waals surface area contributed by atoms with Crippen LogP contribution in [-0.2, 0) is 10.0 Å². The van der Waals surface area contributed by atoms with E-state index in [4.69, 9.17) is 21.5 Å². The second-order valence-electron chi connectivity index (χ2n) is 4.12. The lowest BCUT2D eigenvalue weighted by Crippen LogP contribution is -2.12. The number of hydrogen-bond donors (Lipinski definition) is 1. The minimum absolute atomic E-state index is 0.0177. The summed E-state index contributed by atoms with van der Waals surface area (Å²) in [5.74, 6) is 0.470. The molecule has 4 nitrogen and oxygen atoms in total. The van der Waals surface area contributed by atoms with E-state index in [-0.39, 0.29) is 9.92 Å². The maximum absolute atomic E-state index is 11.1. The number of ether oxygens (including phenoxy) is 1. The molecule has 0 atom stereocenters. The fourth-order valence-electron chi connectivity index (χ4n) is 1.53. The molecular formula is C13H18ClNO3S. The summed E-state index contributed by atoms with van der Waals surface area (Å²) in [5, 5.41) is 5.26. The molecule has 2 N–H and O–H groups in total. The van der Waals surface area contributed by atoms with Gasteiger partial charge in [0.05, 0.1) is 16.5 Å². The second kappa shape index (κ2) is 7.53. The van der Waals surface area contributed by atoms with Gasteiger partial charge in [-0.1, -0.05) is 17.7 Å². The molecule has 0 fully saturated rings. The number of benzene rings is 1. The molecule has 0 aliphatic carbocycles. The van der Waals surface area contributed by atoms with E-state index in [1.54, 1.807) is 0 Å². The SMILES string of the molecule is C=CCCCCCOc1ccc(S(N)(=O)=O)cc1Cl. The van der Waals surface area contributed by atoms with Crippen LogP contribution in [0.4, 0.5) is 0 Å². The Balaban J connectivity index is 2.49. The fraction of sp³-hybridized carbons (Fsp3) is 0.385. The highest BCUT2D eigenvalue weighted by molar-refractivity contribution is 7.89. The third kappa shape index (κ3) is 5.63. The Kier molecular flexibility index (Phi) is 6.34. The van der Waals surface area contributed by atoms with E-state index < -0.39 is 10.0 Å². The average Bonchev–Trinajstić information content (AvgIpc) is 2.34. The van der Waals surface area contributed by atoms with Gasteiger partial charge in [0.15, 0.2) is 0 Å². The number of nitrogens with two attached hydrogens (primary N) is 1. The van der Waals surface area contributed by atoms with Crippen molar-refractivity contribution in [2.75, 3.05) is 6.61 Å². The van der Waals surface area contributed by atoms with E-state index >= 15 is 0 Å². The summed E-state index contributed by atoms with van der Waals surface area (Å²) in [6, 6.07) is 4.20.